The van der Waals surface area contributed by atoms with Gasteiger partial charge in [-0.3, -0.25) is 0 Å². The molecular weight excluding hydrogens is 596 g/mol. The Kier molecular flexibility index (Phi) is 10.9. The maximum absolute atomic E-state index is 13.0. The van der Waals surface area contributed by atoms with Gasteiger partial charge in [0.15, 0.2) is 0 Å². The van der Waals surface area contributed by atoms with Crippen LogP contribution in [-0.4, -0.2) is 57.5 Å². The fraction of sp³-hybridized carbons (Fsp3) is 0.171. The van der Waals surface area contributed by atoms with Gasteiger partial charge in [0, 0.05) is 0 Å². The first kappa shape index (κ1) is 32.9. The van der Waals surface area contributed by atoms with Crippen LogP contribution in [0.15, 0.2) is 84.9 Å². The third-order valence-corrected chi connectivity index (χ3v) is 6.62. The van der Waals surface area contributed by atoms with Crippen molar-refractivity contribution < 1.29 is 52.4 Å². The van der Waals surface area contributed by atoms with Crippen molar-refractivity contribution in [2.45, 2.75) is 13.8 Å². The Morgan fingerprint density at radius 2 is 0.826 bits per heavy atom. The van der Waals surface area contributed by atoms with Crippen molar-refractivity contribution in [3.8, 4) is 33.8 Å². The van der Waals surface area contributed by atoms with E-state index in [0.717, 1.165) is 0 Å². The molecule has 4 aromatic rings. The number of ether oxygens (including phenoxy) is 6. The highest BCUT2D eigenvalue weighted by molar-refractivity contribution is 5.97. The van der Waals surface area contributed by atoms with Gasteiger partial charge >= 0.3 is 30.0 Å². The third-order valence-electron chi connectivity index (χ3n) is 6.62. The van der Waals surface area contributed by atoms with Gasteiger partial charge in [0.2, 0.25) is 0 Å². The molecule has 0 aliphatic carbocycles. The standard InChI is InChI=1S/C35H30O11/c1-5-43-33(38)27-19-25(21-7-11-23(12-8-21)31(36)41-3)15-17-29(27)45-35(40)46-30-18-16-26(20-28(30)34(39)44-6-2)22-9-13-24(14-10-22)32(37)42-4/h7-20H,5-6H2,1-4H3. The Balaban J connectivity index is 1.61. The monoisotopic (exact) mass is 626 g/mol. The molecule has 0 saturated carbocycles. The summed E-state index contributed by atoms with van der Waals surface area (Å²) in [5, 5.41) is 0. The maximum atomic E-state index is 13.0. The summed E-state index contributed by atoms with van der Waals surface area (Å²) in [5.74, 6) is -2.75. The van der Waals surface area contributed by atoms with Crippen molar-refractivity contribution in [1.29, 1.82) is 0 Å². The molecule has 0 atom stereocenters. The van der Waals surface area contributed by atoms with Gasteiger partial charge in [-0.1, -0.05) is 36.4 Å². The first-order valence-electron chi connectivity index (χ1n) is 14.1. The summed E-state index contributed by atoms with van der Waals surface area (Å²) in [4.78, 5) is 62.2. The van der Waals surface area contributed by atoms with E-state index >= 15 is 0 Å². The molecule has 46 heavy (non-hydrogen) atoms. The van der Waals surface area contributed by atoms with E-state index in [0.29, 0.717) is 33.4 Å². The lowest BCUT2D eigenvalue weighted by molar-refractivity contribution is 0.0515. The van der Waals surface area contributed by atoms with Crippen LogP contribution >= 0.6 is 0 Å². The Labute approximate surface area is 264 Å². The topological polar surface area (TPSA) is 141 Å². The second kappa shape index (κ2) is 15.2. The molecule has 4 rings (SSSR count). The van der Waals surface area contributed by atoms with E-state index in [1.807, 2.05) is 0 Å². The van der Waals surface area contributed by atoms with E-state index in [2.05, 4.69) is 0 Å². The molecule has 0 unspecified atom stereocenters. The van der Waals surface area contributed by atoms with Crippen LogP contribution in [0.1, 0.15) is 55.3 Å². The average Bonchev–Trinajstić information content (AvgIpc) is 3.08. The Bertz CT molecular complexity index is 1630. The molecule has 0 N–H and O–H groups in total. The second-order valence-electron chi connectivity index (χ2n) is 9.45. The highest BCUT2D eigenvalue weighted by Gasteiger charge is 2.22. The minimum atomic E-state index is -1.22. The quantitative estimate of drug-likeness (QED) is 0.108. The number of esters is 4. The predicted molar refractivity (Wildman–Crippen MR) is 165 cm³/mol. The molecule has 0 saturated heterocycles. The van der Waals surface area contributed by atoms with E-state index in [4.69, 9.17) is 28.4 Å². The summed E-state index contributed by atoms with van der Waals surface area (Å²) >= 11 is 0. The van der Waals surface area contributed by atoms with Gasteiger partial charge in [-0.15, -0.1) is 0 Å². The van der Waals surface area contributed by atoms with Crippen molar-refractivity contribution in [1.82, 2.24) is 0 Å². The Morgan fingerprint density at radius 3 is 1.15 bits per heavy atom. The summed E-state index contributed by atoms with van der Waals surface area (Å²) in [5.41, 5.74) is 3.12. The van der Waals surface area contributed by atoms with E-state index < -0.39 is 30.0 Å². The number of rotatable bonds is 10. The maximum Gasteiger partial charge on any atom is 0.519 e. The molecule has 11 nitrogen and oxygen atoms in total. The summed E-state index contributed by atoms with van der Waals surface area (Å²) in [6, 6.07) is 22.1. The predicted octanol–water partition coefficient (Wildman–Crippen LogP) is 6.53. The summed E-state index contributed by atoms with van der Waals surface area (Å²) in [6.07, 6.45) is -1.22. The van der Waals surface area contributed by atoms with E-state index in [1.54, 1.807) is 74.5 Å². The number of carbonyl (C=O) groups excluding carboxylic acids is 5. The van der Waals surface area contributed by atoms with Crippen LogP contribution in [0.25, 0.3) is 22.3 Å². The largest absolute Gasteiger partial charge is 0.519 e. The fourth-order valence-corrected chi connectivity index (χ4v) is 4.37. The molecular formula is C35H30O11. The van der Waals surface area contributed by atoms with Gasteiger partial charge in [-0.25, -0.2) is 24.0 Å². The molecule has 0 radical (unpaired) electrons. The lowest BCUT2D eigenvalue weighted by Gasteiger charge is -2.14. The fourth-order valence-electron chi connectivity index (χ4n) is 4.37. The lowest BCUT2D eigenvalue weighted by Crippen LogP contribution is -2.18. The third kappa shape index (κ3) is 7.75. The molecule has 4 aromatic carbocycles. The second-order valence-corrected chi connectivity index (χ2v) is 9.45. The average molecular weight is 627 g/mol. The zero-order chi connectivity index (χ0) is 33.2. The Hall–Kier alpha value is -5.97. The molecule has 0 amide bonds. The zero-order valence-corrected chi connectivity index (χ0v) is 25.5. The lowest BCUT2D eigenvalue weighted by atomic mass is 10.0. The van der Waals surface area contributed by atoms with Crippen molar-refractivity contribution in [3.63, 3.8) is 0 Å². The first-order valence-corrected chi connectivity index (χ1v) is 14.1. The van der Waals surface area contributed by atoms with Gasteiger partial charge in [-0.05, 0) is 84.6 Å². The highest BCUT2D eigenvalue weighted by atomic mass is 16.7. The Morgan fingerprint density at radius 1 is 0.478 bits per heavy atom. The smallest absolute Gasteiger partial charge is 0.465 e. The molecule has 0 aromatic heterocycles. The normalized spacial score (nSPS) is 10.3. The van der Waals surface area contributed by atoms with Gasteiger partial charge < -0.3 is 28.4 Å². The number of hydrogen-bond acceptors (Lipinski definition) is 11. The summed E-state index contributed by atoms with van der Waals surface area (Å²) < 4.78 is 30.6. The highest BCUT2D eigenvalue weighted by Crippen LogP contribution is 2.31. The van der Waals surface area contributed by atoms with E-state index in [9.17, 15) is 24.0 Å². The molecule has 236 valence electrons. The van der Waals surface area contributed by atoms with Gasteiger partial charge in [0.25, 0.3) is 0 Å². The molecule has 0 aliphatic heterocycles. The van der Waals surface area contributed by atoms with Crippen LogP contribution in [0, 0.1) is 0 Å². The molecule has 0 spiro atoms. The van der Waals surface area contributed by atoms with Gasteiger partial charge in [-0.2, -0.15) is 0 Å². The van der Waals surface area contributed by atoms with Crippen LogP contribution in [0.2, 0.25) is 0 Å². The van der Waals surface area contributed by atoms with Crippen molar-refractivity contribution in [2.24, 2.45) is 0 Å². The van der Waals surface area contributed by atoms with Gasteiger partial charge in [0.1, 0.15) is 22.6 Å². The van der Waals surface area contributed by atoms with Crippen molar-refractivity contribution in [2.75, 3.05) is 27.4 Å². The number of hydrogen-bond donors (Lipinski definition) is 0. The van der Waals surface area contributed by atoms with E-state index in [-0.39, 0.29) is 35.8 Å². The zero-order valence-electron chi connectivity index (χ0n) is 25.5. The SMILES string of the molecule is CCOC(=O)c1cc(-c2ccc(C(=O)OC)cc2)ccc1OC(=O)Oc1ccc(-c2ccc(C(=O)OC)cc2)cc1C(=O)OCC. The number of carbonyl (C=O) groups is 5. The van der Waals surface area contributed by atoms with Crippen LogP contribution in [-0.2, 0) is 18.9 Å². The molecule has 0 bridgehead atoms. The van der Waals surface area contributed by atoms with Gasteiger partial charge in [0.05, 0.1) is 38.6 Å². The number of benzene rings is 4. The van der Waals surface area contributed by atoms with Crippen molar-refractivity contribution in [3.05, 3.63) is 107 Å². The summed E-state index contributed by atoms with van der Waals surface area (Å²) in [6.45, 7) is 3.41. The van der Waals surface area contributed by atoms with Crippen LogP contribution < -0.4 is 9.47 Å². The minimum Gasteiger partial charge on any atom is -0.465 e. The van der Waals surface area contributed by atoms with E-state index in [1.165, 1.54) is 38.5 Å². The van der Waals surface area contributed by atoms with Crippen LogP contribution in [0.4, 0.5) is 4.79 Å². The molecule has 0 aliphatic rings. The van der Waals surface area contributed by atoms with Crippen LogP contribution in [0.3, 0.4) is 0 Å². The first-order chi connectivity index (χ1) is 22.2. The molecule has 0 heterocycles. The minimum absolute atomic E-state index is 0.0512. The molecule has 11 heteroatoms. The van der Waals surface area contributed by atoms with Crippen LogP contribution in [0.5, 0.6) is 11.5 Å². The summed E-state index contributed by atoms with van der Waals surface area (Å²) in [7, 11) is 2.57. The number of methoxy groups -OCH3 is 2. The van der Waals surface area contributed by atoms with Crippen molar-refractivity contribution >= 4 is 30.0 Å². The molecule has 0 fully saturated rings.